The fourth-order valence-corrected chi connectivity index (χ4v) is 4.46. The van der Waals surface area contributed by atoms with Gasteiger partial charge in [0.25, 0.3) is 0 Å². The molecule has 7 heteroatoms. The van der Waals surface area contributed by atoms with Crippen LogP contribution in [0.4, 0.5) is 10.5 Å². The second kappa shape index (κ2) is 7.87. The van der Waals surface area contributed by atoms with Crippen LogP contribution in [-0.4, -0.2) is 54.4 Å². The maximum atomic E-state index is 12.7. The number of hydrogen-bond acceptors (Lipinski definition) is 5. The normalized spacial score (nSPS) is 22.4. The Balaban J connectivity index is 1.39. The molecule has 1 amide bonds. The predicted octanol–water partition coefficient (Wildman–Crippen LogP) is 4.12. The minimum absolute atomic E-state index is 0.364. The molecule has 2 aliphatic rings. The van der Waals surface area contributed by atoms with Gasteiger partial charge < -0.3 is 9.47 Å². The van der Waals surface area contributed by atoms with Crippen LogP contribution in [0.5, 0.6) is 0 Å². The summed E-state index contributed by atoms with van der Waals surface area (Å²) in [5, 5.41) is 1.73. The van der Waals surface area contributed by atoms with Crippen molar-refractivity contribution in [3.8, 4) is 0 Å². The van der Waals surface area contributed by atoms with Crippen molar-refractivity contribution in [2.45, 2.75) is 12.1 Å². The van der Waals surface area contributed by atoms with Gasteiger partial charge in [-0.05, 0) is 35.9 Å². The number of pyridine rings is 1. The van der Waals surface area contributed by atoms with E-state index in [1.165, 1.54) is 5.56 Å². The summed E-state index contributed by atoms with van der Waals surface area (Å²) in [5.41, 5.74) is 2.21. The van der Waals surface area contributed by atoms with E-state index in [0.717, 1.165) is 29.7 Å². The minimum Gasteiger partial charge on any atom is -0.437 e. The maximum absolute atomic E-state index is 12.7. The molecule has 30 heavy (non-hydrogen) atoms. The first kappa shape index (κ1) is 19.3. The molecule has 0 saturated carbocycles. The number of carbonyl (C=O) groups is 1. The van der Waals surface area contributed by atoms with Crippen LogP contribution >= 0.6 is 11.6 Å². The van der Waals surface area contributed by atoms with Crippen LogP contribution in [-0.2, 0) is 16.0 Å². The van der Waals surface area contributed by atoms with E-state index in [1.54, 1.807) is 17.0 Å². The third-order valence-electron chi connectivity index (χ3n) is 5.65. The average Bonchev–Trinajstić information content (AvgIpc) is 2.94. The molecule has 2 fully saturated rings. The molecular weight excluding hydrogens is 402 g/mol. The number of amides is 1. The Morgan fingerprint density at radius 2 is 2.00 bits per heavy atom. The SMILES string of the molecule is O=C1OC2(COCCN(Cc3ccnc4ccccc34)C2)CN1c1cccc(Cl)c1. The van der Waals surface area contributed by atoms with E-state index in [0.29, 0.717) is 31.3 Å². The van der Waals surface area contributed by atoms with E-state index >= 15 is 0 Å². The summed E-state index contributed by atoms with van der Waals surface area (Å²) in [6, 6.07) is 17.5. The minimum atomic E-state index is -0.710. The zero-order chi connectivity index (χ0) is 20.6. The number of fused-ring (bicyclic) bond motifs is 1. The van der Waals surface area contributed by atoms with Crippen LogP contribution in [0.1, 0.15) is 5.56 Å². The van der Waals surface area contributed by atoms with Crippen molar-refractivity contribution in [3.05, 3.63) is 71.4 Å². The number of rotatable bonds is 3. The van der Waals surface area contributed by atoms with E-state index in [9.17, 15) is 4.79 Å². The molecule has 0 radical (unpaired) electrons. The predicted molar refractivity (Wildman–Crippen MR) is 116 cm³/mol. The maximum Gasteiger partial charge on any atom is 0.415 e. The molecule has 1 unspecified atom stereocenters. The Hall–Kier alpha value is -2.67. The molecule has 3 heterocycles. The fraction of sp³-hybridized carbons (Fsp3) is 0.304. The number of hydrogen-bond donors (Lipinski definition) is 0. The Morgan fingerprint density at radius 1 is 1.10 bits per heavy atom. The van der Waals surface area contributed by atoms with Crippen molar-refractivity contribution in [2.24, 2.45) is 0 Å². The summed E-state index contributed by atoms with van der Waals surface area (Å²) in [6.45, 7) is 3.52. The highest BCUT2D eigenvalue weighted by atomic mass is 35.5. The monoisotopic (exact) mass is 423 g/mol. The first-order valence-electron chi connectivity index (χ1n) is 10.0. The first-order chi connectivity index (χ1) is 14.6. The highest BCUT2D eigenvalue weighted by Crippen LogP contribution is 2.32. The lowest BCUT2D eigenvalue weighted by Gasteiger charge is -2.30. The Kier molecular flexibility index (Phi) is 5.06. The summed E-state index contributed by atoms with van der Waals surface area (Å²) in [5.74, 6) is 0. The van der Waals surface area contributed by atoms with E-state index < -0.39 is 5.60 Å². The summed E-state index contributed by atoms with van der Waals surface area (Å²) in [7, 11) is 0. The molecular formula is C23H22ClN3O3. The lowest BCUT2D eigenvalue weighted by atomic mass is 10.0. The van der Waals surface area contributed by atoms with Crippen molar-refractivity contribution in [3.63, 3.8) is 0 Å². The fourth-order valence-electron chi connectivity index (χ4n) is 4.28. The number of halogens is 1. The van der Waals surface area contributed by atoms with E-state index in [4.69, 9.17) is 21.1 Å². The van der Waals surface area contributed by atoms with E-state index in [1.807, 2.05) is 36.5 Å². The van der Waals surface area contributed by atoms with Crippen molar-refractivity contribution in [1.29, 1.82) is 0 Å². The van der Waals surface area contributed by atoms with Crippen LogP contribution in [0, 0.1) is 0 Å². The second-order valence-corrected chi connectivity index (χ2v) is 8.30. The Morgan fingerprint density at radius 3 is 2.90 bits per heavy atom. The molecule has 2 saturated heterocycles. The van der Waals surface area contributed by atoms with Crippen LogP contribution in [0.2, 0.25) is 5.02 Å². The van der Waals surface area contributed by atoms with Gasteiger partial charge in [-0.1, -0.05) is 35.9 Å². The van der Waals surface area contributed by atoms with Crippen LogP contribution in [0.3, 0.4) is 0 Å². The largest absolute Gasteiger partial charge is 0.437 e. The molecule has 0 bridgehead atoms. The van der Waals surface area contributed by atoms with Gasteiger partial charge in [-0.2, -0.15) is 0 Å². The van der Waals surface area contributed by atoms with E-state index in [-0.39, 0.29) is 6.09 Å². The van der Waals surface area contributed by atoms with Gasteiger partial charge in [0.15, 0.2) is 5.60 Å². The number of ether oxygens (including phenoxy) is 2. The second-order valence-electron chi connectivity index (χ2n) is 7.87. The van der Waals surface area contributed by atoms with Gasteiger partial charge in [-0.25, -0.2) is 4.79 Å². The highest BCUT2D eigenvalue weighted by molar-refractivity contribution is 6.30. The number of aromatic nitrogens is 1. The molecule has 1 atom stereocenters. The van der Waals surface area contributed by atoms with Gasteiger partial charge in [-0.3, -0.25) is 14.8 Å². The Labute approximate surface area is 180 Å². The lowest BCUT2D eigenvalue weighted by Crippen LogP contribution is -2.47. The molecule has 3 aromatic rings. The number of carbonyl (C=O) groups excluding carboxylic acids is 1. The van der Waals surface area contributed by atoms with Crippen molar-refractivity contribution in [2.75, 3.05) is 37.7 Å². The molecule has 1 aromatic heterocycles. The summed E-state index contributed by atoms with van der Waals surface area (Å²) < 4.78 is 11.8. The molecule has 1 spiro atoms. The molecule has 154 valence electrons. The molecule has 5 rings (SSSR count). The van der Waals surface area contributed by atoms with Crippen LogP contribution < -0.4 is 4.90 Å². The molecule has 6 nitrogen and oxygen atoms in total. The Bertz CT molecular complexity index is 1090. The quantitative estimate of drug-likeness (QED) is 0.634. The molecule has 0 N–H and O–H groups in total. The average molecular weight is 424 g/mol. The van der Waals surface area contributed by atoms with Crippen molar-refractivity contribution >= 4 is 34.3 Å². The van der Waals surface area contributed by atoms with Gasteiger partial charge >= 0.3 is 6.09 Å². The van der Waals surface area contributed by atoms with Crippen molar-refractivity contribution < 1.29 is 14.3 Å². The third kappa shape index (κ3) is 3.74. The summed E-state index contributed by atoms with van der Waals surface area (Å²) >= 11 is 6.12. The highest BCUT2D eigenvalue weighted by Gasteiger charge is 2.48. The number of benzene rings is 2. The van der Waals surface area contributed by atoms with Crippen LogP contribution in [0.25, 0.3) is 10.9 Å². The third-order valence-corrected chi connectivity index (χ3v) is 5.89. The standard InChI is InChI=1S/C23H22ClN3O3/c24-18-4-3-5-19(12-18)27-15-23(30-22(27)28)14-26(10-11-29-16-23)13-17-8-9-25-21-7-2-1-6-20(17)21/h1-9,12H,10-11,13-16H2. The first-order valence-corrected chi connectivity index (χ1v) is 10.4. The molecule has 2 aliphatic heterocycles. The number of anilines is 1. The number of para-hydroxylation sites is 1. The van der Waals surface area contributed by atoms with Crippen molar-refractivity contribution in [1.82, 2.24) is 9.88 Å². The topological polar surface area (TPSA) is 54.9 Å². The van der Waals surface area contributed by atoms with Gasteiger partial charge in [0.2, 0.25) is 0 Å². The zero-order valence-electron chi connectivity index (χ0n) is 16.5. The number of nitrogens with zero attached hydrogens (tertiary/aromatic N) is 3. The van der Waals surface area contributed by atoms with Gasteiger partial charge in [-0.15, -0.1) is 0 Å². The lowest BCUT2D eigenvalue weighted by molar-refractivity contribution is -0.0154. The smallest absolute Gasteiger partial charge is 0.415 e. The molecule has 2 aromatic carbocycles. The van der Waals surface area contributed by atoms with Gasteiger partial charge in [0.05, 0.1) is 25.3 Å². The van der Waals surface area contributed by atoms with Gasteiger partial charge in [0, 0.05) is 41.9 Å². The molecule has 0 aliphatic carbocycles. The van der Waals surface area contributed by atoms with Crippen LogP contribution in [0.15, 0.2) is 60.8 Å². The zero-order valence-corrected chi connectivity index (χ0v) is 17.2. The van der Waals surface area contributed by atoms with Gasteiger partial charge in [0.1, 0.15) is 0 Å². The summed E-state index contributed by atoms with van der Waals surface area (Å²) in [6.07, 6.45) is 1.48. The summed E-state index contributed by atoms with van der Waals surface area (Å²) in [4.78, 5) is 21.1. The van der Waals surface area contributed by atoms with E-state index in [2.05, 4.69) is 22.0 Å².